The van der Waals surface area contributed by atoms with Crippen LogP contribution >= 0.6 is 0 Å². The molecule has 0 radical (unpaired) electrons. The van der Waals surface area contributed by atoms with Gasteiger partial charge in [0.25, 0.3) is 10.0 Å². The van der Waals surface area contributed by atoms with Gasteiger partial charge >= 0.3 is 6.09 Å². The van der Waals surface area contributed by atoms with Gasteiger partial charge in [-0.05, 0) is 44.7 Å². The lowest BCUT2D eigenvalue weighted by Crippen LogP contribution is -2.43. The highest BCUT2D eigenvalue weighted by atomic mass is 32.2. The summed E-state index contributed by atoms with van der Waals surface area (Å²) in [6.07, 6.45) is 0.927. The number of hydrogen-bond donors (Lipinski definition) is 1. The van der Waals surface area contributed by atoms with Crippen molar-refractivity contribution in [3.05, 3.63) is 29.8 Å². The Hall–Kier alpha value is -1.60. The number of carbonyl (C=O) groups is 1. The van der Waals surface area contributed by atoms with Crippen LogP contribution in [0.4, 0.5) is 4.79 Å². The van der Waals surface area contributed by atoms with Gasteiger partial charge < -0.3 is 9.47 Å². The van der Waals surface area contributed by atoms with Gasteiger partial charge in [-0.2, -0.15) is 0 Å². The zero-order chi connectivity index (χ0) is 18.5. The number of carbonyl (C=O) groups excluding carboxylic acids is 1. The summed E-state index contributed by atoms with van der Waals surface area (Å²) < 4.78 is 38.2. The van der Waals surface area contributed by atoms with Crippen LogP contribution in [0, 0.1) is 12.8 Å². The lowest BCUT2D eigenvalue weighted by atomic mass is 9.75. The summed E-state index contributed by atoms with van der Waals surface area (Å²) in [5.41, 5.74) is 0.109. The second kappa shape index (κ2) is 5.99. The summed E-state index contributed by atoms with van der Waals surface area (Å²) in [6.45, 7) is 7.97. The average Bonchev–Trinajstić information content (AvgIpc) is 2.99. The van der Waals surface area contributed by atoms with E-state index in [4.69, 9.17) is 9.47 Å². The van der Waals surface area contributed by atoms with Crippen molar-refractivity contribution in [3.8, 4) is 0 Å². The van der Waals surface area contributed by atoms with Gasteiger partial charge in [0.1, 0.15) is 11.7 Å². The van der Waals surface area contributed by atoms with Crippen molar-refractivity contribution in [1.82, 2.24) is 4.72 Å². The Morgan fingerprint density at radius 3 is 2.48 bits per heavy atom. The molecule has 2 saturated heterocycles. The van der Waals surface area contributed by atoms with Gasteiger partial charge in [0.05, 0.1) is 10.5 Å². The molecule has 138 valence electrons. The maximum Gasteiger partial charge on any atom is 0.421 e. The number of fused-ring (bicyclic) bond motifs is 2. The third-order valence-electron chi connectivity index (χ3n) is 5.54. The van der Waals surface area contributed by atoms with Gasteiger partial charge in [-0.25, -0.2) is 17.9 Å². The molecule has 1 N–H and O–H groups in total. The number of aryl methyl sites for hydroxylation is 1. The van der Waals surface area contributed by atoms with Crippen molar-refractivity contribution in [3.63, 3.8) is 0 Å². The van der Waals surface area contributed by atoms with Crippen LogP contribution in [0.5, 0.6) is 0 Å². The van der Waals surface area contributed by atoms with E-state index in [0.717, 1.165) is 18.4 Å². The fourth-order valence-electron chi connectivity index (χ4n) is 3.77. The SMILES string of the molecule is Cc1ccc(S(=O)(=O)NC(=O)OC2CC3(C(C)C)CCC2(C)O3)cc1. The first-order chi connectivity index (χ1) is 11.6. The molecule has 1 aromatic rings. The Labute approximate surface area is 148 Å². The summed E-state index contributed by atoms with van der Waals surface area (Å²) >= 11 is 0. The quantitative estimate of drug-likeness (QED) is 0.884. The predicted molar refractivity (Wildman–Crippen MR) is 92.7 cm³/mol. The third kappa shape index (κ3) is 3.27. The van der Waals surface area contributed by atoms with E-state index in [1.54, 1.807) is 12.1 Å². The fraction of sp³-hybridized carbons (Fsp3) is 0.611. The molecule has 1 amide bonds. The Morgan fingerprint density at radius 2 is 1.92 bits per heavy atom. The van der Waals surface area contributed by atoms with Gasteiger partial charge in [-0.3, -0.25) is 0 Å². The Bertz CT molecular complexity index is 773. The number of nitrogens with one attached hydrogen (secondary N) is 1. The molecule has 2 aliphatic heterocycles. The van der Waals surface area contributed by atoms with E-state index in [1.807, 2.05) is 18.6 Å². The van der Waals surface area contributed by atoms with E-state index < -0.39 is 27.8 Å². The minimum absolute atomic E-state index is 0.0316. The van der Waals surface area contributed by atoms with Crippen LogP contribution in [-0.2, 0) is 19.5 Å². The topological polar surface area (TPSA) is 81.7 Å². The second-order valence-electron chi connectivity index (χ2n) is 7.65. The van der Waals surface area contributed by atoms with E-state index >= 15 is 0 Å². The summed E-state index contributed by atoms with van der Waals surface area (Å²) in [5, 5.41) is 0. The van der Waals surface area contributed by atoms with Crippen molar-refractivity contribution < 1.29 is 22.7 Å². The first-order valence-electron chi connectivity index (χ1n) is 8.57. The van der Waals surface area contributed by atoms with Crippen molar-refractivity contribution in [2.45, 2.75) is 69.2 Å². The van der Waals surface area contributed by atoms with E-state index in [9.17, 15) is 13.2 Å². The third-order valence-corrected chi connectivity index (χ3v) is 6.87. The lowest BCUT2D eigenvalue weighted by Gasteiger charge is -2.31. The maximum atomic E-state index is 12.3. The minimum atomic E-state index is -3.95. The van der Waals surface area contributed by atoms with Crippen LogP contribution in [0.25, 0.3) is 0 Å². The molecule has 3 rings (SSSR count). The van der Waals surface area contributed by atoms with Gasteiger partial charge in [-0.15, -0.1) is 0 Å². The zero-order valence-corrected chi connectivity index (χ0v) is 15.9. The zero-order valence-electron chi connectivity index (χ0n) is 15.0. The molecule has 1 aromatic carbocycles. The van der Waals surface area contributed by atoms with Gasteiger partial charge in [0, 0.05) is 6.42 Å². The normalized spacial score (nSPS) is 31.3. The van der Waals surface area contributed by atoms with Crippen molar-refractivity contribution >= 4 is 16.1 Å². The molecule has 2 aliphatic rings. The fourth-order valence-corrected chi connectivity index (χ4v) is 4.65. The molecule has 25 heavy (non-hydrogen) atoms. The minimum Gasteiger partial charge on any atom is -0.442 e. The molecular formula is C18H25NO5S. The molecule has 3 unspecified atom stereocenters. The first-order valence-corrected chi connectivity index (χ1v) is 10.0. The van der Waals surface area contributed by atoms with Crippen LogP contribution in [0.2, 0.25) is 0 Å². The Balaban J connectivity index is 1.68. The molecule has 2 bridgehead atoms. The van der Waals surface area contributed by atoms with E-state index in [0.29, 0.717) is 12.3 Å². The highest BCUT2D eigenvalue weighted by Crippen LogP contribution is 2.54. The predicted octanol–water partition coefficient (Wildman–Crippen LogP) is 3.15. The number of ether oxygens (including phenoxy) is 2. The maximum absolute atomic E-state index is 12.3. The van der Waals surface area contributed by atoms with Crippen LogP contribution in [0.15, 0.2) is 29.2 Å². The molecular weight excluding hydrogens is 342 g/mol. The molecule has 0 aliphatic carbocycles. The molecule has 2 fully saturated rings. The summed E-state index contributed by atoms with van der Waals surface area (Å²) in [5.74, 6) is 0.308. The number of amides is 1. The number of benzene rings is 1. The van der Waals surface area contributed by atoms with E-state index in [2.05, 4.69) is 13.8 Å². The molecule has 0 aromatic heterocycles. The van der Waals surface area contributed by atoms with E-state index in [1.165, 1.54) is 12.1 Å². The van der Waals surface area contributed by atoms with E-state index in [-0.39, 0.29) is 10.5 Å². The highest BCUT2D eigenvalue weighted by Gasteiger charge is 2.61. The average molecular weight is 367 g/mol. The molecule has 0 spiro atoms. The molecule has 0 saturated carbocycles. The standard InChI is InChI=1S/C18H25NO5S/c1-12(2)18-10-9-17(4,24-18)15(11-18)23-16(20)19-25(21,22)14-7-5-13(3)6-8-14/h5-8,12,15H,9-11H2,1-4H3,(H,19,20). The summed E-state index contributed by atoms with van der Waals surface area (Å²) in [6, 6.07) is 6.27. The second-order valence-corrected chi connectivity index (χ2v) is 9.33. The first kappa shape index (κ1) is 18.2. The van der Waals surface area contributed by atoms with Crippen molar-refractivity contribution in [2.75, 3.05) is 0 Å². The Morgan fingerprint density at radius 1 is 1.28 bits per heavy atom. The summed E-state index contributed by atoms with van der Waals surface area (Å²) in [7, 11) is -3.95. The monoisotopic (exact) mass is 367 g/mol. The van der Waals surface area contributed by atoms with Gasteiger partial charge in [-0.1, -0.05) is 31.5 Å². The largest absolute Gasteiger partial charge is 0.442 e. The van der Waals surface area contributed by atoms with Crippen LogP contribution in [-0.4, -0.2) is 31.8 Å². The number of hydrogen-bond acceptors (Lipinski definition) is 5. The van der Waals surface area contributed by atoms with Crippen molar-refractivity contribution in [2.24, 2.45) is 5.92 Å². The van der Waals surface area contributed by atoms with Crippen molar-refractivity contribution in [1.29, 1.82) is 0 Å². The highest BCUT2D eigenvalue weighted by molar-refractivity contribution is 7.90. The molecule has 6 nitrogen and oxygen atoms in total. The number of sulfonamides is 1. The number of rotatable bonds is 4. The molecule has 3 atom stereocenters. The summed E-state index contributed by atoms with van der Waals surface area (Å²) in [4.78, 5) is 12.2. The lowest BCUT2D eigenvalue weighted by molar-refractivity contribution is -0.0813. The van der Waals surface area contributed by atoms with Gasteiger partial charge in [0.15, 0.2) is 0 Å². The van der Waals surface area contributed by atoms with Crippen LogP contribution in [0.3, 0.4) is 0 Å². The molecule has 2 heterocycles. The molecule has 7 heteroatoms. The Kier molecular flexibility index (Phi) is 4.36. The van der Waals surface area contributed by atoms with Gasteiger partial charge in [0.2, 0.25) is 0 Å². The van der Waals surface area contributed by atoms with Crippen LogP contribution < -0.4 is 4.72 Å². The smallest absolute Gasteiger partial charge is 0.421 e. The van der Waals surface area contributed by atoms with Crippen LogP contribution in [0.1, 0.15) is 45.6 Å².